The molecule has 5 nitrogen and oxygen atoms in total. The van der Waals surface area contributed by atoms with Crippen molar-refractivity contribution < 1.29 is 8.42 Å². The van der Waals surface area contributed by atoms with Gasteiger partial charge in [-0.2, -0.15) is 9.57 Å². The van der Waals surface area contributed by atoms with Crippen LogP contribution in [0, 0.1) is 11.3 Å². The van der Waals surface area contributed by atoms with Crippen LogP contribution in [0.4, 0.5) is 5.69 Å². The minimum atomic E-state index is -3.59. The van der Waals surface area contributed by atoms with Gasteiger partial charge in [0.15, 0.2) is 0 Å². The second-order valence-electron chi connectivity index (χ2n) is 4.31. The summed E-state index contributed by atoms with van der Waals surface area (Å²) in [6, 6.07) is 6.30. The molecule has 0 aromatic heterocycles. The van der Waals surface area contributed by atoms with Gasteiger partial charge in [-0.25, -0.2) is 8.42 Å². The minimum Gasteiger partial charge on any atom is -0.399 e. The second-order valence-corrected chi connectivity index (χ2v) is 6.17. The summed E-state index contributed by atoms with van der Waals surface area (Å²) in [5.41, 5.74) is 6.06. The van der Waals surface area contributed by atoms with Gasteiger partial charge in [0.05, 0.1) is 5.56 Å². The molecule has 18 heavy (non-hydrogen) atoms. The maximum absolute atomic E-state index is 12.5. The van der Waals surface area contributed by atoms with Crippen molar-refractivity contribution in [1.29, 1.82) is 5.26 Å². The first kappa shape index (κ1) is 12.9. The minimum absolute atomic E-state index is 0.0490. The van der Waals surface area contributed by atoms with Crippen molar-refractivity contribution in [2.24, 2.45) is 0 Å². The number of rotatable bonds is 4. The van der Waals surface area contributed by atoms with Crippen LogP contribution in [0.25, 0.3) is 0 Å². The molecule has 0 amide bonds. The Morgan fingerprint density at radius 1 is 1.50 bits per heavy atom. The van der Waals surface area contributed by atoms with E-state index in [-0.39, 0.29) is 16.5 Å². The Balaban J connectivity index is 2.50. The Morgan fingerprint density at radius 2 is 2.17 bits per heavy atom. The second kappa shape index (κ2) is 4.59. The van der Waals surface area contributed by atoms with Crippen LogP contribution < -0.4 is 5.73 Å². The lowest BCUT2D eigenvalue weighted by atomic mass is 10.2. The maximum Gasteiger partial charge on any atom is 0.244 e. The molecular formula is C12H15N3O2S. The highest BCUT2D eigenvalue weighted by atomic mass is 32.2. The molecule has 6 heteroatoms. The number of nitriles is 1. The van der Waals surface area contributed by atoms with Crippen molar-refractivity contribution in [2.45, 2.75) is 30.7 Å². The van der Waals surface area contributed by atoms with Crippen molar-refractivity contribution in [1.82, 2.24) is 4.31 Å². The van der Waals surface area contributed by atoms with Gasteiger partial charge >= 0.3 is 0 Å². The van der Waals surface area contributed by atoms with Crippen molar-refractivity contribution in [2.75, 3.05) is 12.3 Å². The van der Waals surface area contributed by atoms with Crippen molar-refractivity contribution in [3.8, 4) is 6.07 Å². The first-order chi connectivity index (χ1) is 8.50. The number of sulfonamides is 1. The molecule has 1 aliphatic rings. The highest BCUT2D eigenvalue weighted by molar-refractivity contribution is 7.89. The largest absolute Gasteiger partial charge is 0.399 e. The molecule has 0 heterocycles. The van der Waals surface area contributed by atoms with E-state index in [1.807, 2.05) is 6.07 Å². The monoisotopic (exact) mass is 265 g/mol. The summed E-state index contributed by atoms with van der Waals surface area (Å²) in [5, 5.41) is 9.03. The molecule has 1 aromatic rings. The highest BCUT2D eigenvalue weighted by Gasteiger charge is 2.37. The van der Waals surface area contributed by atoms with Crippen molar-refractivity contribution in [3.05, 3.63) is 23.8 Å². The topological polar surface area (TPSA) is 87.2 Å². The first-order valence-electron chi connectivity index (χ1n) is 5.82. The molecule has 0 atom stereocenters. The zero-order valence-corrected chi connectivity index (χ0v) is 10.9. The summed E-state index contributed by atoms with van der Waals surface area (Å²) < 4.78 is 26.4. The molecule has 1 fully saturated rings. The van der Waals surface area contributed by atoms with Crippen molar-refractivity contribution >= 4 is 15.7 Å². The van der Waals surface area contributed by atoms with Gasteiger partial charge in [-0.3, -0.25) is 0 Å². The lowest BCUT2D eigenvalue weighted by Gasteiger charge is -2.20. The van der Waals surface area contributed by atoms with Gasteiger partial charge in [0.25, 0.3) is 0 Å². The number of hydrogen-bond donors (Lipinski definition) is 1. The maximum atomic E-state index is 12.5. The fraction of sp³-hybridized carbons (Fsp3) is 0.417. The lowest BCUT2D eigenvalue weighted by Crippen LogP contribution is -2.33. The van der Waals surface area contributed by atoms with Crippen LogP contribution in [0.3, 0.4) is 0 Å². The molecule has 2 rings (SSSR count). The van der Waals surface area contributed by atoms with Crippen LogP contribution in [0.15, 0.2) is 23.1 Å². The SMILES string of the molecule is CCN(C1CC1)S(=O)(=O)c1ccc(N)cc1C#N. The molecule has 0 aliphatic heterocycles. The summed E-state index contributed by atoms with van der Waals surface area (Å²) >= 11 is 0. The van der Waals surface area contributed by atoms with Gasteiger partial charge in [-0.1, -0.05) is 6.92 Å². The number of nitrogens with zero attached hydrogens (tertiary/aromatic N) is 2. The zero-order chi connectivity index (χ0) is 13.3. The van der Waals surface area contributed by atoms with E-state index < -0.39 is 10.0 Å². The molecule has 0 unspecified atom stereocenters. The third kappa shape index (κ3) is 2.19. The molecule has 1 aliphatic carbocycles. The summed E-state index contributed by atoms with van der Waals surface area (Å²) in [7, 11) is -3.59. The Morgan fingerprint density at radius 3 is 2.67 bits per heavy atom. The average molecular weight is 265 g/mol. The van der Waals surface area contributed by atoms with E-state index in [4.69, 9.17) is 11.0 Å². The summed E-state index contributed by atoms with van der Waals surface area (Å²) in [5.74, 6) is 0. The quantitative estimate of drug-likeness (QED) is 0.831. The Bertz CT molecular complexity index is 600. The van der Waals surface area contributed by atoms with E-state index in [2.05, 4.69) is 0 Å². The third-order valence-electron chi connectivity index (χ3n) is 2.98. The molecule has 0 saturated heterocycles. The van der Waals surface area contributed by atoms with Crippen LogP contribution in [0.2, 0.25) is 0 Å². The number of hydrogen-bond acceptors (Lipinski definition) is 4. The molecule has 0 bridgehead atoms. The van der Waals surface area contributed by atoms with E-state index in [1.54, 1.807) is 6.92 Å². The van der Waals surface area contributed by atoms with Gasteiger partial charge < -0.3 is 5.73 Å². The summed E-state index contributed by atoms with van der Waals surface area (Å²) in [6.45, 7) is 2.22. The van der Waals surface area contributed by atoms with E-state index in [1.165, 1.54) is 22.5 Å². The van der Waals surface area contributed by atoms with Crippen LogP contribution in [-0.4, -0.2) is 25.3 Å². The van der Waals surface area contributed by atoms with E-state index in [0.717, 1.165) is 12.8 Å². The van der Waals surface area contributed by atoms with Crippen LogP contribution in [-0.2, 0) is 10.0 Å². The van der Waals surface area contributed by atoms with Crippen LogP contribution in [0.5, 0.6) is 0 Å². The van der Waals surface area contributed by atoms with E-state index >= 15 is 0 Å². The van der Waals surface area contributed by atoms with Gasteiger partial charge in [-0.15, -0.1) is 0 Å². The molecule has 0 spiro atoms. The molecule has 1 saturated carbocycles. The van der Waals surface area contributed by atoms with E-state index in [0.29, 0.717) is 12.2 Å². The smallest absolute Gasteiger partial charge is 0.244 e. The van der Waals surface area contributed by atoms with Crippen molar-refractivity contribution in [3.63, 3.8) is 0 Å². The number of nitrogen functional groups attached to an aromatic ring is 1. The molecule has 96 valence electrons. The standard InChI is InChI=1S/C12H15N3O2S/c1-2-15(11-4-5-11)18(16,17)12-6-3-10(14)7-9(12)8-13/h3,6-7,11H,2,4-5,14H2,1H3. The Kier molecular flexibility index (Phi) is 3.28. The zero-order valence-electron chi connectivity index (χ0n) is 10.1. The fourth-order valence-corrected chi connectivity index (χ4v) is 3.79. The van der Waals surface area contributed by atoms with Gasteiger partial charge in [0.1, 0.15) is 11.0 Å². The lowest BCUT2D eigenvalue weighted by molar-refractivity contribution is 0.421. The number of nitrogens with two attached hydrogens (primary N) is 1. The molecule has 2 N–H and O–H groups in total. The summed E-state index contributed by atoms with van der Waals surface area (Å²) in [4.78, 5) is 0.0490. The first-order valence-corrected chi connectivity index (χ1v) is 7.26. The van der Waals surface area contributed by atoms with Gasteiger partial charge in [0.2, 0.25) is 10.0 Å². The summed E-state index contributed by atoms with van der Waals surface area (Å²) in [6.07, 6.45) is 1.79. The molecule has 1 aromatic carbocycles. The molecule has 0 radical (unpaired) electrons. The predicted octanol–water partition coefficient (Wildman–Crippen LogP) is 1.31. The average Bonchev–Trinajstić information content (AvgIpc) is 3.13. The predicted molar refractivity (Wildman–Crippen MR) is 68.2 cm³/mol. The fourth-order valence-electron chi connectivity index (χ4n) is 1.97. The normalized spacial score (nSPS) is 15.6. The number of benzene rings is 1. The third-order valence-corrected chi connectivity index (χ3v) is 5.06. The molecular weight excluding hydrogens is 250 g/mol. The van der Waals surface area contributed by atoms with Gasteiger partial charge in [-0.05, 0) is 31.0 Å². The Labute approximate surface area is 107 Å². The van der Waals surface area contributed by atoms with Gasteiger partial charge in [0, 0.05) is 18.3 Å². The van der Waals surface area contributed by atoms with Crippen LogP contribution >= 0.6 is 0 Å². The highest BCUT2D eigenvalue weighted by Crippen LogP contribution is 2.32. The van der Waals surface area contributed by atoms with Crippen LogP contribution in [0.1, 0.15) is 25.3 Å². The van der Waals surface area contributed by atoms with E-state index in [9.17, 15) is 8.42 Å². The Hall–Kier alpha value is -1.58. The number of anilines is 1.